The zero-order valence-corrected chi connectivity index (χ0v) is 43.5. The average molecular weight is 1060 g/mol. The van der Waals surface area contributed by atoms with Gasteiger partial charge < -0.3 is 37.2 Å². The van der Waals surface area contributed by atoms with Gasteiger partial charge in [0.2, 0.25) is 0 Å². The lowest BCUT2D eigenvalue weighted by atomic mass is 10.0. The number of aliphatic imine (C=N–C) groups is 4. The zero-order chi connectivity index (χ0) is 55.0. The Bertz CT molecular complexity index is 3460. The van der Waals surface area contributed by atoms with Crippen LogP contribution in [0.1, 0.15) is 123 Å². The Labute approximate surface area is 461 Å². The first-order valence-corrected chi connectivity index (χ1v) is 26.6. The molecule has 0 spiro atoms. The summed E-state index contributed by atoms with van der Waals surface area (Å²) in [7, 11) is 0. The van der Waals surface area contributed by atoms with Gasteiger partial charge in [0.05, 0.1) is 29.0 Å². The molecular formula is C63H55N11O6. The maximum Gasteiger partial charge on any atom is 0.257 e. The number of hydrogen-bond acceptors (Lipinski definition) is 11. The second-order valence-electron chi connectivity index (χ2n) is 19.6. The van der Waals surface area contributed by atoms with E-state index in [1.54, 1.807) is 48.5 Å². The monoisotopic (exact) mass is 1060 g/mol. The quantitative estimate of drug-likeness (QED) is 0.0494. The predicted octanol–water partition coefficient (Wildman–Crippen LogP) is 10.3. The molecule has 0 saturated heterocycles. The largest absolute Gasteiger partial charge is 0.368 e. The lowest BCUT2D eigenvalue weighted by Gasteiger charge is -2.15. The summed E-state index contributed by atoms with van der Waals surface area (Å²) in [6, 6.07) is 44.1. The third kappa shape index (κ3) is 12.2. The average Bonchev–Trinajstić information content (AvgIpc) is 4.37. The van der Waals surface area contributed by atoms with Crippen LogP contribution < -0.4 is 37.2 Å². The molecule has 0 fully saturated rings. The molecule has 17 nitrogen and oxygen atoms in total. The molecule has 7 aromatic rings. The molecular weight excluding hydrogens is 1010 g/mol. The van der Waals surface area contributed by atoms with Gasteiger partial charge in [-0.15, -0.1) is 0 Å². The first-order chi connectivity index (χ1) is 39.1. The van der Waals surface area contributed by atoms with Crippen LogP contribution in [-0.2, 0) is 0 Å². The molecule has 11 rings (SSSR count). The summed E-state index contributed by atoms with van der Waals surface area (Å²) in [5.41, 5.74) is 9.97. The first-order valence-electron chi connectivity index (χ1n) is 26.6. The maximum absolute atomic E-state index is 14.1. The molecule has 0 saturated carbocycles. The Hall–Kier alpha value is -10.2. The fraction of sp³-hybridized carbons (Fsp3) is 0.175. The predicted molar refractivity (Wildman–Crippen MR) is 314 cm³/mol. The molecule has 0 unspecified atom stereocenters. The molecule has 0 bridgehead atoms. The van der Waals surface area contributed by atoms with Crippen LogP contribution in [0.25, 0.3) is 0 Å². The highest BCUT2D eigenvalue weighted by atomic mass is 16.2. The van der Waals surface area contributed by atoms with Crippen molar-refractivity contribution in [1.29, 1.82) is 0 Å². The number of amidine groups is 1. The highest BCUT2D eigenvalue weighted by Crippen LogP contribution is 2.27. The van der Waals surface area contributed by atoms with Gasteiger partial charge in [-0.1, -0.05) is 36.4 Å². The highest BCUT2D eigenvalue weighted by molar-refractivity contribution is 6.17. The van der Waals surface area contributed by atoms with Crippen molar-refractivity contribution in [2.45, 2.75) is 38.5 Å². The first kappa shape index (κ1) is 51.9. The van der Waals surface area contributed by atoms with E-state index in [1.165, 1.54) is 60.7 Å². The Morgan fingerprint density at radius 1 is 0.325 bits per heavy atom. The van der Waals surface area contributed by atoms with E-state index >= 15 is 0 Å². The van der Waals surface area contributed by atoms with E-state index in [0.717, 1.165) is 110 Å². The SMILES string of the molecule is O=C(Nc1ccc(C2=NCCC2)cc1)c1ccc(C(=O)Nc2ccc(C3=NCCC3)cc2)c(NC(=O)c2ccc(C(=O)Nc3cc(C(=O)Nc4ccc(C5=NCCC5)cc4)ccc3C(=O)Nc3ccc(C4=NCCN4)cc3)cc2)c1. The van der Waals surface area contributed by atoms with Crippen molar-refractivity contribution in [1.82, 2.24) is 5.32 Å². The number of nitrogens with zero attached hydrogens (tertiary/aromatic N) is 4. The molecule has 4 aliphatic rings. The highest BCUT2D eigenvalue weighted by Gasteiger charge is 2.22. The third-order valence-corrected chi connectivity index (χ3v) is 14.1. The summed E-state index contributed by atoms with van der Waals surface area (Å²) in [6.45, 7) is 3.82. The van der Waals surface area contributed by atoms with Crippen LogP contribution in [0.2, 0.25) is 0 Å². The van der Waals surface area contributed by atoms with Gasteiger partial charge in [0.15, 0.2) is 0 Å². The minimum atomic E-state index is -0.632. The molecule has 4 heterocycles. The van der Waals surface area contributed by atoms with Gasteiger partial charge in [-0.3, -0.25) is 48.7 Å². The number of rotatable bonds is 16. The van der Waals surface area contributed by atoms with Gasteiger partial charge in [0.25, 0.3) is 35.4 Å². The molecule has 0 aliphatic carbocycles. The van der Waals surface area contributed by atoms with Crippen LogP contribution in [0, 0.1) is 0 Å². The summed E-state index contributed by atoms with van der Waals surface area (Å²) in [5.74, 6) is -2.49. The van der Waals surface area contributed by atoms with Crippen LogP contribution in [-0.4, -0.2) is 91.1 Å². The van der Waals surface area contributed by atoms with Gasteiger partial charge in [-0.05, 0) is 177 Å². The molecule has 7 aromatic carbocycles. The van der Waals surface area contributed by atoms with Crippen LogP contribution in [0.5, 0.6) is 0 Å². The second kappa shape index (κ2) is 23.6. The maximum atomic E-state index is 14.1. The van der Waals surface area contributed by atoms with Gasteiger partial charge in [0.1, 0.15) is 5.84 Å². The fourth-order valence-electron chi connectivity index (χ4n) is 9.81. The lowest BCUT2D eigenvalue weighted by molar-refractivity contribution is 0.100. The van der Waals surface area contributed by atoms with Crippen LogP contribution >= 0.6 is 0 Å². The molecule has 17 heteroatoms. The van der Waals surface area contributed by atoms with Crippen molar-refractivity contribution in [2.24, 2.45) is 20.0 Å². The number of carbonyl (C=O) groups is 6. The Morgan fingerprint density at radius 2 is 0.650 bits per heavy atom. The Morgan fingerprint density at radius 3 is 0.975 bits per heavy atom. The van der Waals surface area contributed by atoms with Crippen molar-refractivity contribution in [3.05, 3.63) is 213 Å². The summed E-state index contributed by atoms with van der Waals surface area (Å²) in [6.07, 6.45) is 5.72. The van der Waals surface area contributed by atoms with Gasteiger partial charge >= 0.3 is 0 Å². The van der Waals surface area contributed by atoms with E-state index in [0.29, 0.717) is 29.3 Å². The van der Waals surface area contributed by atoms with E-state index in [1.807, 2.05) is 48.5 Å². The standard InChI is InChI=1S/C63H55N11O6/c75-58(73-55-36-44(60(77)69-46-21-11-38(12-22-46)52-4-1-31-64-52)19-29-50(55)62(79)71-48-25-15-40(16-26-48)54-6-3-33-66-54)42-7-9-43(10-8-42)59(76)74-56-37-45(61(78)70-47-23-13-39(14-24-47)53-5-2-32-65-53)20-30-51(56)63(80)72-49-27-17-41(18-28-49)57-67-34-35-68-57/h7-30,36-37H,1-6,31-35H2,(H,67,68)(H,69,77)(H,70,78)(H,71,79)(H,72,80)(H,73,75)(H,74,76). The topological polar surface area (TPSA) is 236 Å². The van der Waals surface area contributed by atoms with E-state index in [4.69, 9.17) is 0 Å². The Balaban J connectivity index is 0.815. The molecule has 0 radical (unpaired) electrons. The number of nitrogens with one attached hydrogen (secondary N) is 7. The summed E-state index contributed by atoms with van der Waals surface area (Å²) in [4.78, 5) is 102. The zero-order valence-electron chi connectivity index (χ0n) is 43.5. The van der Waals surface area contributed by atoms with Crippen molar-refractivity contribution in [3.63, 3.8) is 0 Å². The normalized spacial score (nSPS) is 14.4. The molecule has 7 N–H and O–H groups in total. The fourth-order valence-corrected chi connectivity index (χ4v) is 9.81. The molecule has 80 heavy (non-hydrogen) atoms. The van der Waals surface area contributed by atoms with Crippen molar-refractivity contribution in [2.75, 3.05) is 64.6 Å². The van der Waals surface area contributed by atoms with E-state index < -0.39 is 35.4 Å². The van der Waals surface area contributed by atoms with E-state index in [9.17, 15) is 28.8 Å². The van der Waals surface area contributed by atoms with Crippen LogP contribution in [0.15, 0.2) is 178 Å². The molecule has 398 valence electrons. The number of anilines is 6. The van der Waals surface area contributed by atoms with E-state index in [-0.39, 0.29) is 44.8 Å². The number of carbonyl (C=O) groups excluding carboxylic acids is 6. The second-order valence-corrected chi connectivity index (χ2v) is 19.6. The third-order valence-electron chi connectivity index (χ3n) is 14.1. The van der Waals surface area contributed by atoms with E-state index in [2.05, 4.69) is 57.2 Å². The smallest absolute Gasteiger partial charge is 0.257 e. The molecule has 4 aliphatic heterocycles. The van der Waals surface area contributed by atoms with Gasteiger partial charge in [0, 0.05) is 93.9 Å². The molecule has 0 aromatic heterocycles. The molecule has 0 atom stereocenters. The van der Waals surface area contributed by atoms with Gasteiger partial charge in [-0.2, -0.15) is 0 Å². The van der Waals surface area contributed by atoms with Crippen LogP contribution in [0.3, 0.4) is 0 Å². The van der Waals surface area contributed by atoms with Crippen molar-refractivity contribution < 1.29 is 28.8 Å². The van der Waals surface area contributed by atoms with Crippen molar-refractivity contribution >= 4 is 92.5 Å². The Kier molecular flexibility index (Phi) is 15.3. The minimum absolute atomic E-state index is 0.0580. The summed E-state index contributed by atoms with van der Waals surface area (Å²) >= 11 is 0. The van der Waals surface area contributed by atoms with Crippen molar-refractivity contribution in [3.8, 4) is 0 Å². The minimum Gasteiger partial charge on any atom is -0.368 e. The summed E-state index contributed by atoms with van der Waals surface area (Å²) in [5, 5.41) is 20.5. The lowest BCUT2D eigenvalue weighted by Crippen LogP contribution is -2.21. The summed E-state index contributed by atoms with van der Waals surface area (Å²) < 4.78 is 0. The van der Waals surface area contributed by atoms with Gasteiger partial charge in [-0.25, -0.2) is 0 Å². The van der Waals surface area contributed by atoms with Crippen LogP contribution in [0.4, 0.5) is 34.1 Å². The number of benzene rings is 7. The number of hydrogen-bond donors (Lipinski definition) is 7. The molecule has 6 amide bonds. The number of amides is 6.